The number of hydrogen-bond acceptors (Lipinski definition) is 2. The number of hydrogen-bond donors (Lipinski definition) is 1. The van der Waals surface area contributed by atoms with Gasteiger partial charge in [0.05, 0.1) is 12.2 Å². The van der Waals surface area contributed by atoms with Gasteiger partial charge in [0.2, 0.25) is 5.91 Å². The average Bonchev–Trinajstić information content (AvgIpc) is 2.75. The average molecular weight is 294 g/mol. The summed E-state index contributed by atoms with van der Waals surface area (Å²) in [5.41, 5.74) is 0.243. The fourth-order valence-electron chi connectivity index (χ4n) is 4.13. The topological polar surface area (TPSA) is 32.3 Å². The molecule has 3 heteroatoms. The minimum absolute atomic E-state index is 0.0140. The second kappa shape index (κ2) is 6.28. The predicted molar refractivity (Wildman–Crippen MR) is 87.9 cm³/mol. The second-order valence-corrected chi connectivity index (χ2v) is 8.21. The van der Waals surface area contributed by atoms with Crippen molar-refractivity contribution in [3.8, 4) is 0 Å². The first-order valence-corrected chi connectivity index (χ1v) is 8.87. The van der Waals surface area contributed by atoms with Gasteiger partial charge < -0.3 is 4.90 Å². The van der Waals surface area contributed by atoms with Gasteiger partial charge in [-0.3, -0.25) is 10.1 Å². The van der Waals surface area contributed by atoms with E-state index in [1.54, 1.807) is 0 Å². The van der Waals surface area contributed by atoms with Crippen LogP contribution in [0.1, 0.15) is 73.6 Å². The Bertz CT molecular complexity index is 377. The monoisotopic (exact) mass is 294 g/mol. The summed E-state index contributed by atoms with van der Waals surface area (Å²) < 4.78 is 0. The summed E-state index contributed by atoms with van der Waals surface area (Å²) in [6.07, 6.45) is 6.23. The Hall–Kier alpha value is -0.570. The highest BCUT2D eigenvalue weighted by molar-refractivity contribution is 5.85. The number of carbonyl (C=O) groups is 1. The zero-order valence-electron chi connectivity index (χ0n) is 14.8. The largest absolute Gasteiger partial charge is 0.322 e. The third kappa shape index (κ3) is 3.13. The van der Waals surface area contributed by atoms with E-state index in [2.05, 4.69) is 51.8 Å². The molecule has 0 spiro atoms. The molecule has 1 N–H and O–H groups in total. The van der Waals surface area contributed by atoms with Crippen molar-refractivity contribution in [1.29, 1.82) is 0 Å². The van der Waals surface area contributed by atoms with Crippen molar-refractivity contribution in [3.63, 3.8) is 0 Å². The van der Waals surface area contributed by atoms with Crippen molar-refractivity contribution in [2.75, 3.05) is 0 Å². The molecular weight excluding hydrogens is 260 g/mol. The lowest BCUT2D eigenvalue weighted by Gasteiger charge is -2.46. The molecule has 1 heterocycles. The van der Waals surface area contributed by atoms with E-state index in [0.717, 1.165) is 12.8 Å². The number of nitrogens with zero attached hydrogens (tertiary/aromatic N) is 1. The van der Waals surface area contributed by atoms with Crippen molar-refractivity contribution in [1.82, 2.24) is 10.2 Å². The summed E-state index contributed by atoms with van der Waals surface area (Å²) in [6, 6.07) is 0.410. The summed E-state index contributed by atoms with van der Waals surface area (Å²) in [5, 5.41) is 3.65. The third-order valence-electron chi connectivity index (χ3n) is 5.80. The highest BCUT2D eigenvalue weighted by Crippen LogP contribution is 2.41. The van der Waals surface area contributed by atoms with Crippen molar-refractivity contribution in [3.05, 3.63) is 0 Å². The molecule has 1 amide bonds. The van der Waals surface area contributed by atoms with Crippen LogP contribution in [0.5, 0.6) is 0 Å². The summed E-state index contributed by atoms with van der Waals surface area (Å²) in [5.74, 6) is 1.22. The van der Waals surface area contributed by atoms with Crippen molar-refractivity contribution >= 4 is 5.91 Å². The van der Waals surface area contributed by atoms with Gasteiger partial charge in [-0.1, -0.05) is 60.8 Å². The van der Waals surface area contributed by atoms with Gasteiger partial charge in [0, 0.05) is 6.04 Å². The van der Waals surface area contributed by atoms with Crippen LogP contribution in [0.3, 0.4) is 0 Å². The maximum Gasteiger partial charge on any atom is 0.241 e. The third-order valence-corrected chi connectivity index (χ3v) is 5.80. The molecule has 0 aromatic rings. The maximum atomic E-state index is 13.1. The summed E-state index contributed by atoms with van der Waals surface area (Å²) in [4.78, 5) is 15.3. The lowest BCUT2D eigenvalue weighted by molar-refractivity contribution is -0.137. The molecule has 0 aromatic heterocycles. The first-order valence-electron chi connectivity index (χ1n) is 8.87. The van der Waals surface area contributed by atoms with Crippen molar-refractivity contribution in [2.45, 2.75) is 91.9 Å². The summed E-state index contributed by atoms with van der Waals surface area (Å²) >= 11 is 0. The van der Waals surface area contributed by atoms with Gasteiger partial charge in [0.1, 0.15) is 0 Å². The van der Waals surface area contributed by atoms with Gasteiger partial charge >= 0.3 is 0 Å². The van der Waals surface area contributed by atoms with E-state index >= 15 is 0 Å². The van der Waals surface area contributed by atoms with Crippen LogP contribution in [0.4, 0.5) is 0 Å². The van der Waals surface area contributed by atoms with E-state index < -0.39 is 0 Å². The van der Waals surface area contributed by atoms with E-state index in [4.69, 9.17) is 0 Å². The zero-order valence-corrected chi connectivity index (χ0v) is 14.8. The highest BCUT2D eigenvalue weighted by atomic mass is 16.2. The van der Waals surface area contributed by atoms with Gasteiger partial charge in [-0.25, -0.2) is 0 Å². The van der Waals surface area contributed by atoms with Crippen LogP contribution in [-0.2, 0) is 4.79 Å². The molecule has 1 saturated carbocycles. The van der Waals surface area contributed by atoms with Crippen LogP contribution in [0.25, 0.3) is 0 Å². The summed E-state index contributed by atoms with van der Waals surface area (Å²) in [7, 11) is 0. The molecule has 4 atom stereocenters. The molecule has 4 unspecified atom stereocenters. The molecule has 0 bridgehead atoms. The first kappa shape index (κ1) is 16.8. The Balaban J connectivity index is 2.27. The molecule has 122 valence electrons. The molecule has 2 aliphatic rings. The van der Waals surface area contributed by atoms with E-state index in [1.165, 1.54) is 19.3 Å². The van der Waals surface area contributed by atoms with Crippen LogP contribution in [0, 0.1) is 17.3 Å². The minimum atomic E-state index is 0.0140. The van der Waals surface area contributed by atoms with E-state index in [9.17, 15) is 4.79 Å². The van der Waals surface area contributed by atoms with Gasteiger partial charge in [-0.2, -0.15) is 0 Å². The van der Waals surface area contributed by atoms with Crippen LogP contribution in [0.15, 0.2) is 0 Å². The molecule has 1 saturated heterocycles. The van der Waals surface area contributed by atoms with Crippen molar-refractivity contribution in [2.24, 2.45) is 17.3 Å². The molecule has 0 aromatic carbocycles. The molecule has 1 aliphatic carbocycles. The van der Waals surface area contributed by atoms with Gasteiger partial charge in [0.15, 0.2) is 0 Å². The lowest BCUT2D eigenvalue weighted by Crippen LogP contribution is -2.54. The van der Waals surface area contributed by atoms with E-state index in [1.807, 2.05) is 0 Å². The highest BCUT2D eigenvalue weighted by Gasteiger charge is 2.49. The Kier molecular flexibility index (Phi) is 5.02. The molecular formula is C18H34N2O. The molecule has 21 heavy (non-hydrogen) atoms. The van der Waals surface area contributed by atoms with Gasteiger partial charge in [-0.15, -0.1) is 0 Å². The molecule has 1 aliphatic heterocycles. The van der Waals surface area contributed by atoms with Crippen LogP contribution < -0.4 is 5.32 Å². The molecule has 2 fully saturated rings. The van der Waals surface area contributed by atoms with Gasteiger partial charge in [0.25, 0.3) is 0 Å². The Morgan fingerprint density at radius 1 is 1.29 bits per heavy atom. The normalized spacial score (nSPS) is 34.5. The quantitative estimate of drug-likeness (QED) is 0.855. The Morgan fingerprint density at radius 2 is 1.95 bits per heavy atom. The lowest BCUT2D eigenvalue weighted by atomic mass is 9.72. The number of nitrogens with one attached hydrogen (secondary N) is 1. The number of carbonyl (C=O) groups excluding carboxylic acids is 1. The maximum absolute atomic E-state index is 13.1. The number of rotatable bonds is 4. The Labute approximate surface area is 130 Å². The van der Waals surface area contributed by atoms with Gasteiger partial charge in [-0.05, 0) is 30.1 Å². The van der Waals surface area contributed by atoms with Crippen molar-refractivity contribution < 1.29 is 4.79 Å². The fourth-order valence-corrected chi connectivity index (χ4v) is 4.13. The SMILES string of the molecule is CCC(C)C1NC(C(C)C)N(C2CCCCC2(C)C)C1=O. The summed E-state index contributed by atoms with van der Waals surface area (Å²) in [6.45, 7) is 13.5. The molecule has 3 nitrogen and oxygen atoms in total. The van der Waals surface area contributed by atoms with Crippen LogP contribution in [0.2, 0.25) is 0 Å². The van der Waals surface area contributed by atoms with E-state index in [-0.39, 0.29) is 17.6 Å². The molecule has 0 radical (unpaired) electrons. The van der Waals surface area contributed by atoms with Crippen LogP contribution >= 0.6 is 0 Å². The van der Waals surface area contributed by atoms with E-state index in [0.29, 0.717) is 23.8 Å². The predicted octanol–water partition coefficient (Wildman–Crippen LogP) is 3.78. The Morgan fingerprint density at radius 3 is 2.48 bits per heavy atom. The minimum Gasteiger partial charge on any atom is -0.322 e. The zero-order chi connectivity index (χ0) is 15.8. The fraction of sp³-hybridized carbons (Fsp3) is 0.944. The smallest absolute Gasteiger partial charge is 0.241 e. The second-order valence-electron chi connectivity index (χ2n) is 8.21. The standard InChI is InChI=1S/C18H34N2O/c1-7-13(4)15-17(21)20(16(19-15)12(2)3)14-10-8-9-11-18(14,5)6/h12-16,19H,7-11H2,1-6H3. The molecule has 2 rings (SSSR count). The first-order chi connectivity index (χ1) is 9.79. The van der Waals surface area contributed by atoms with Crippen LogP contribution in [-0.4, -0.2) is 29.1 Å². The number of amides is 1.